The summed E-state index contributed by atoms with van der Waals surface area (Å²) < 4.78 is 27.8. The van der Waals surface area contributed by atoms with Gasteiger partial charge in [0.15, 0.2) is 9.84 Å². The third-order valence-corrected chi connectivity index (χ3v) is 6.17. The number of rotatable bonds is 5. The van der Waals surface area contributed by atoms with Gasteiger partial charge in [-0.15, -0.1) is 0 Å². The van der Waals surface area contributed by atoms with Crippen LogP contribution in [0.2, 0.25) is 0 Å². The number of imide groups is 1. The number of ether oxygens (including phenoxy) is 1. The zero-order valence-electron chi connectivity index (χ0n) is 14.2. The molecular formula is C17H16N2O6S2. The van der Waals surface area contributed by atoms with E-state index in [2.05, 4.69) is 5.32 Å². The SMILES string of the molecule is COc1ccc(/C=C2\SC(=O)N(CC(=O)N[C@@H]3C=CS(=O)(=O)C3)C2=O)cc1. The highest BCUT2D eigenvalue weighted by atomic mass is 32.2. The van der Waals surface area contributed by atoms with E-state index < -0.39 is 39.5 Å². The summed E-state index contributed by atoms with van der Waals surface area (Å²) in [5.74, 6) is -0.724. The van der Waals surface area contributed by atoms with E-state index in [1.54, 1.807) is 37.5 Å². The minimum atomic E-state index is -3.30. The average molecular weight is 408 g/mol. The van der Waals surface area contributed by atoms with Crippen molar-refractivity contribution in [3.8, 4) is 5.75 Å². The van der Waals surface area contributed by atoms with Crippen molar-refractivity contribution in [1.29, 1.82) is 0 Å². The Kier molecular flexibility index (Phi) is 5.38. The molecule has 0 unspecified atom stereocenters. The smallest absolute Gasteiger partial charge is 0.294 e. The van der Waals surface area contributed by atoms with Gasteiger partial charge in [-0.2, -0.15) is 0 Å². The Hall–Kier alpha value is -2.59. The van der Waals surface area contributed by atoms with E-state index in [0.717, 1.165) is 22.1 Å². The van der Waals surface area contributed by atoms with Crippen LogP contribution in [-0.4, -0.2) is 55.8 Å². The topological polar surface area (TPSA) is 110 Å². The maximum absolute atomic E-state index is 12.4. The number of nitrogens with zero attached hydrogens (tertiary/aromatic N) is 1. The summed E-state index contributed by atoms with van der Waals surface area (Å²) in [4.78, 5) is 37.6. The van der Waals surface area contributed by atoms with Crippen molar-refractivity contribution >= 4 is 44.7 Å². The van der Waals surface area contributed by atoms with E-state index in [0.29, 0.717) is 11.3 Å². The van der Waals surface area contributed by atoms with Gasteiger partial charge in [-0.3, -0.25) is 19.3 Å². The van der Waals surface area contributed by atoms with Crippen molar-refractivity contribution in [1.82, 2.24) is 10.2 Å². The molecule has 8 nitrogen and oxygen atoms in total. The molecule has 0 radical (unpaired) electrons. The van der Waals surface area contributed by atoms with Gasteiger partial charge in [0.2, 0.25) is 5.91 Å². The highest BCUT2D eigenvalue weighted by molar-refractivity contribution is 8.18. The Morgan fingerprint density at radius 3 is 2.63 bits per heavy atom. The monoisotopic (exact) mass is 408 g/mol. The van der Waals surface area contributed by atoms with E-state index in [-0.39, 0.29) is 10.7 Å². The second kappa shape index (κ2) is 7.57. The summed E-state index contributed by atoms with van der Waals surface area (Å²) in [6.45, 7) is -0.463. The summed E-state index contributed by atoms with van der Waals surface area (Å²) >= 11 is 0.748. The van der Waals surface area contributed by atoms with Crippen LogP contribution in [0.4, 0.5) is 4.79 Å². The van der Waals surface area contributed by atoms with E-state index in [9.17, 15) is 22.8 Å². The molecule has 2 heterocycles. The van der Waals surface area contributed by atoms with Crippen LogP contribution >= 0.6 is 11.8 Å². The Morgan fingerprint density at radius 1 is 1.33 bits per heavy atom. The van der Waals surface area contributed by atoms with Crippen molar-refractivity contribution in [3.05, 3.63) is 46.2 Å². The second-order valence-electron chi connectivity index (χ2n) is 5.87. The number of thioether (sulfide) groups is 1. The molecule has 10 heteroatoms. The van der Waals surface area contributed by atoms with Gasteiger partial charge in [-0.1, -0.05) is 12.1 Å². The normalized spacial score (nSPS) is 22.5. The van der Waals surface area contributed by atoms with E-state index in [4.69, 9.17) is 4.74 Å². The summed E-state index contributed by atoms with van der Waals surface area (Å²) in [5.41, 5.74) is 0.715. The Labute approximate surface area is 160 Å². The van der Waals surface area contributed by atoms with Crippen LogP contribution in [0.3, 0.4) is 0 Å². The van der Waals surface area contributed by atoms with Crippen LogP contribution < -0.4 is 10.1 Å². The Bertz CT molecular complexity index is 950. The molecule has 0 aromatic heterocycles. The number of nitrogens with one attached hydrogen (secondary N) is 1. The van der Waals surface area contributed by atoms with Gasteiger partial charge in [0.1, 0.15) is 12.3 Å². The van der Waals surface area contributed by atoms with E-state index >= 15 is 0 Å². The van der Waals surface area contributed by atoms with E-state index in [1.165, 1.54) is 6.08 Å². The molecule has 1 N–H and O–H groups in total. The predicted molar refractivity (Wildman–Crippen MR) is 101 cm³/mol. The molecule has 1 saturated heterocycles. The molecular weight excluding hydrogens is 392 g/mol. The van der Waals surface area contributed by atoms with Crippen molar-refractivity contribution < 1.29 is 27.5 Å². The lowest BCUT2D eigenvalue weighted by molar-refractivity contribution is -0.129. The minimum Gasteiger partial charge on any atom is -0.497 e. The first kappa shape index (κ1) is 19.2. The summed E-state index contributed by atoms with van der Waals surface area (Å²) in [7, 11) is -1.76. The van der Waals surface area contributed by atoms with Crippen LogP contribution in [0.25, 0.3) is 6.08 Å². The number of benzene rings is 1. The number of sulfone groups is 1. The number of amides is 3. The maximum atomic E-state index is 12.4. The van der Waals surface area contributed by atoms with Crippen molar-refractivity contribution in [2.24, 2.45) is 0 Å². The lowest BCUT2D eigenvalue weighted by atomic mass is 10.2. The van der Waals surface area contributed by atoms with E-state index in [1.807, 2.05) is 0 Å². The van der Waals surface area contributed by atoms with Crippen LogP contribution in [0.5, 0.6) is 5.75 Å². The Morgan fingerprint density at radius 2 is 2.04 bits per heavy atom. The number of methoxy groups -OCH3 is 1. The molecule has 3 amide bonds. The second-order valence-corrected chi connectivity index (χ2v) is 8.80. The van der Waals surface area contributed by atoms with Gasteiger partial charge >= 0.3 is 0 Å². The van der Waals surface area contributed by atoms with Crippen LogP contribution in [-0.2, 0) is 19.4 Å². The molecule has 0 saturated carbocycles. The molecule has 1 aromatic carbocycles. The number of hydrogen-bond acceptors (Lipinski definition) is 7. The molecule has 2 aliphatic heterocycles. The van der Waals surface area contributed by atoms with Crippen molar-refractivity contribution in [3.63, 3.8) is 0 Å². The lowest BCUT2D eigenvalue weighted by Crippen LogP contribution is -2.43. The zero-order chi connectivity index (χ0) is 19.6. The van der Waals surface area contributed by atoms with Crippen LogP contribution in [0.1, 0.15) is 5.56 Å². The number of carbonyl (C=O) groups is 3. The fraction of sp³-hybridized carbons (Fsp3) is 0.235. The number of hydrogen-bond donors (Lipinski definition) is 1. The molecule has 2 aliphatic rings. The highest BCUT2D eigenvalue weighted by Gasteiger charge is 2.36. The molecule has 0 aliphatic carbocycles. The standard InChI is InChI=1S/C17H16N2O6S2/c1-25-13-4-2-11(3-5-13)8-14-16(21)19(17(22)26-14)9-15(20)18-12-6-7-27(23,24)10-12/h2-8,12H,9-10H2,1H3,(H,18,20)/b14-8-/t12-/m1/s1. The van der Waals surface area contributed by atoms with Gasteiger partial charge < -0.3 is 10.1 Å². The van der Waals surface area contributed by atoms with Gasteiger partial charge in [0.05, 0.1) is 23.8 Å². The number of carbonyl (C=O) groups excluding carboxylic acids is 3. The minimum absolute atomic E-state index is 0.210. The first-order valence-corrected chi connectivity index (χ1v) is 10.4. The Balaban J connectivity index is 1.64. The molecule has 1 aromatic rings. The van der Waals surface area contributed by atoms with Gasteiger partial charge in [-0.25, -0.2) is 8.42 Å². The summed E-state index contributed by atoms with van der Waals surface area (Å²) in [6.07, 6.45) is 2.93. The summed E-state index contributed by atoms with van der Waals surface area (Å²) in [6, 6.07) is 6.29. The highest BCUT2D eigenvalue weighted by Crippen LogP contribution is 2.32. The first-order chi connectivity index (χ1) is 12.8. The third kappa shape index (κ3) is 4.58. The molecule has 27 heavy (non-hydrogen) atoms. The van der Waals surface area contributed by atoms with Gasteiger partial charge in [-0.05, 0) is 41.6 Å². The zero-order valence-corrected chi connectivity index (χ0v) is 15.9. The van der Waals surface area contributed by atoms with Crippen LogP contribution in [0, 0.1) is 0 Å². The molecule has 1 fully saturated rings. The largest absolute Gasteiger partial charge is 0.497 e. The lowest BCUT2D eigenvalue weighted by Gasteiger charge is -2.14. The fourth-order valence-electron chi connectivity index (χ4n) is 2.55. The average Bonchev–Trinajstić information content (AvgIpc) is 3.09. The predicted octanol–water partition coefficient (Wildman–Crippen LogP) is 1.16. The summed E-state index contributed by atoms with van der Waals surface area (Å²) in [5, 5.41) is 2.97. The van der Waals surface area contributed by atoms with Crippen molar-refractivity contribution in [2.75, 3.05) is 19.4 Å². The third-order valence-electron chi connectivity index (χ3n) is 3.87. The molecule has 0 bridgehead atoms. The molecule has 0 spiro atoms. The molecule has 1 atom stereocenters. The van der Waals surface area contributed by atoms with Gasteiger partial charge in [0, 0.05) is 5.41 Å². The molecule has 142 valence electrons. The van der Waals surface area contributed by atoms with Crippen molar-refractivity contribution in [2.45, 2.75) is 6.04 Å². The maximum Gasteiger partial charge on any atom is 0.294 e. The van der Waals surface area contributed by atoms with Gasteiger partial charge in [0.25, 0.3) is 11.1 Å². The van der Waals surface area contributed by atoms with Crippen LogP contribution in [0.15, 0.2) is 40.7 Å². The quantitative estimate of drug-likeness (QED) is 0.728. The molecule has 3 rings (SSSR count). The fourth-order valence-corrected chi connectivity index (χ4v) is 4.62. The first-order valence-electron chi connectivity index (χ1n) is 7.87.